The van der Waals surface area contributed by atoms with Crippen molar-refractivity contribution in [2.75, 3.05) is 0 Å². The Bertz CT molecular complexity index is 626. The summed E-state index contributed by atoms with van der Waals surface area (Å²) < 4.78 is 13.0. The standard InChI is InChI=1S/C15H11Cl2FO2/c16-13-6-3-10(7-14(13)17)12(8-15(19)20)9-1-4-11(18)5-2-9/h1-7,12H,8H2,(H,19,20)/t12-/m1/s1. The highest BCUT2D eigenvalue weighted by Crippen LogP contribution is 2.32. The van der Waals surface area contributed by atoms with Crippen LogP contribution in [0.3, 0.4) is 0 Å². The predicted molar refractivity (Wildman–Crippen MR) is 77.0 cm³/mol. The molecule has 2 aromatic carbocycles. The molecule has 104 valence electrons. The second kappa shape index (κ2) is 6.25. The Morgan fingerprint density at radius 1 is 1.05 bits per heavy atom. The number of carbonyl (C=O) groups is 1. The third-order valence-electron chi connectivity index (χ3n) is 3.00. The third-order valence-corrected chi connectivity index (χ3v) is 3.74. The summed E-state index contributed by atoms with van der Waals surface area (Å²) in [5.41, 5.74) is 1.44. The van der Waals surface area contributed by atoms with E-state index in [-0.39, 0.29) is 12.2 Å². The average Bonchev–Trinajstić information content (AvgIpc) is 2.40. The number of hydrogen-bond acceptors (Lipinski definition) is 1. The molecule has 0 heterocycles. The molecule has 0 spiro atoms. The van der Waals surface area contributed by atoms with Crippen molar-refractivity contribution >= 4 is 29.2 Å². The topological polar surface area (TPSA) is 37.3 Å². The van der Waals surface area contributed by atoms with Gasteiger partial charge in [0, 0.05) is 5.92 Å². The van der Waals surface area contributed by atoms with Crippen LogP contribution in [0.1, 0.15) is 23.5 Å². The van der Waals surface area contributed by atoms with E-state index in [1.807, 2.05) is 0 Å². The zero-order valence-electron chi connectivity index (χ0n) is 10.3. The Labute approximate surface area is 125 Å². The molecule has 0 aromatic heterocycles. The minimum absolute atomic E-state index is 0.108. The molecule has 5 heteroatoms. The molecular weight excluding hydrogens is 302 g/mol. The molecule has 20 heavy (non-hydrogen) atoms. The fourth-order valence-corrected chi connectivity index (χ4v) is 2.33. The predicted octanol–water partition coefficient (Wildman–Crippen LogP) is 4.74. The van der Waals surface area contributed by atoms with E-state index in [9.17, 15) is 9.18 Å². The Kier molecular flexibility index (Phi) is 4.63. The zero-order valence-corrected chi connectivity index (χ0v) is 11.8. The van der Waals surface area contributed by atoms with Gasteiger partial charge in [-0.2, -0.15) is 0 Å². The summed E-state index contributed by atoms with van der Waals surface area (Å²) in [5, 5.41) is 9.82. The van der Waals surface area contributed by atoms with Crippen molar-refractivity contribution in [2.24, 2.45) is 0 Å². The fourth-order valence-electron chi connectivity index (χ4n) is 2.03. The largest absolute Gasteiger partial charge is 0.481 e. The number of carboxylic acids is 1. The lowest BCUT2D eigenvalue weighted by Crippen LogP contribution is -2.08. The summed E-state index contributed by atoms with van der Waals surface area (Å²) in [6.07, 6.45) is -0.108. The number of hydrogen-bond donors (Lipinski definition) is 1. The number of benzene rings is 2. The molecule has 1 atom stereocenters. The summed E-state index contributed by atoms with van der Waals surface area (Å²) in [7, 11) is 0. The highest BCUT2D eigenvalue weighted by molar-refractivity contribution is 6.42. The van der Waals surface area contributed by atoms with Crippen molar-refractivity contribution in [3.8, 4) is 0 Å². The molecule has 2 aromatic rings. The average molecular weight is 313 g/mol. The normalized spacial score (nSPS) is 12.2. The van der Waals surface area contributed by atoms with E-state index >= 15 is 0 Å². The van der Waals surface area contributed by atoms with Gasteiger partial charge in [-0.1, -0.05) is 41.4 Å². The molecule has 0 aliphatic carbocycles. The van der Waals surface area contributed by atoms with Crippen molar-refractivity contribution in [3.05, 3.63) is 69.5 Å². The maximum absolute atomic E-state index is 13.0. The monoisotopic (exact) mass is 312 g/mol. The van der Waals surface area contributed by atoms with E-state index in [2.05, 4.69) is 0 Å². The van der Waals surface area contributed by atoms with Crippen LogP contribution in [0.25, 0.3) is 0 Å². The molecule has 0 amide bonds. The van der Waals surface area contributed by atoms with Crippen molar-refractivity contribution in [2.45, 2.75) is 12.3 Å². The molecule has 0 bridgehead atoms. The first kappa shape index (κ1) is 14.8. The lowest BCUT2D eigenvalue weighted by molar-refractivity contribution is -0.137. The van der Waals surface area contributed by atoms with E-state index in [0.717, 1.165) is 5.56 Å². The van der Waals surface area contributed by atoms with Crippen LogP contribution in [0, 0.1) is 5.82 Å². The van der Waals surface area contributed by atoms with Gasteiger partial charge in [-0.25, -0.2) is 4.39 Å². The van der Waals surface area contributed by atoms with E-state index in [1.165, 1.54) is 12.1 Å². The number of rotatable bonds is 4. The summed E-state index contributed by atoms with van der Waals surface area (Å²) in [6, 6.07) is 10.8. The summed E-state index contributed by atoms with van der Waals surface area (Å²) in [5.74, 6) is -1.70. The highest BCUT2D eigenvalue weighted by atomic mass is 35.5. The molecule has 0 unspecified atom stereocenters. The molecule has 0 fully saturated rings. The lowest BCUT2D eigenvalue weighted by atomic mass is 9.88. The quantitative estimate of drug-likeness (QED) is 0.885. The Balaban J connectivity index is 2.43. The number of carboxylic acid groups (broad SMARTS) is 1. The van der Waals surface area contributed by atoms with E-state index in [4.69, 9.17) is 28.3 Å². The van der Waals surface area contributed by atoms with Crippen LogP contribution in [0.15, 0.2) is 42.5 Å². The van der Waals surface area contributed by atoms with Gasteiger partial charge in [0.05, 0.1) is 16.5 Å². The van der Waals surface area contributed by atoms with E-state index < -0.39 is 11.9 Å². The molecule has 2 rings (SSSR count). The molecule has 0 saturated heterocycles. The van der Waals surface area contributed by atoms with Crippen LogP contribution in [0.2, 0.25) is 10.0 Å². The van der Waals surface area contributed by atoms with Gasteiger partial charge in [0.2, 0.25) is 0 Å². The summed E-state index contributed by atoms with van der Waals surface area (Å²) >= 11 is 11.8. The van der Waals surface area contributed by atoms with E-state index in [1.54, 1.807) is 30.3 Å². The zero-order chi connectivity index (χ0) is 14.7. The molecular formula is C15H11Cl2FO2. The SMILES string of the molecule is O=C(O)C[C@H](c1ccc(F)cc1)c1ccc(Cl)c(Cl)c1. The Hall–Kier alpha value is -1.58. The van der Waals surface area contributed by atoms with Gasteiger partial charge in [-0.15, -0.1) is 0 Å². The van der Waals surface area contributed by atoms with Gasteiger partial charge in [0.15, 0.2) is 0 Å². The first-order valence-electron chi connectivity index (χ1n) is 5.89. The number of halogens is 3. The summed E-state index contributed by atoms with van der Waals surface area (Å²) in [4.78, 5) is 11.0. The lowest BCUT2D eigenvalue weighted by Gasteiger charge is -2.16. The molecule has 0 radical (unpaired) electrons. The molecule has 0 saturated carbocycles. The summed E-state index contributed by atoms with van der Waals surface area (Å²) in [6.45, 7) is 0. The minimum atomic E-state index is -0.939. The van der Waals surface area contributed by atoms with Crippen LogP contribution in [-0.4, -0.2) is 11.1 Å². The van der Waals surface area contributed by atoms with Crippen molar-refractivity contribution in [3.63, 3.8) is 0 Å². The smallest absolute Gasteiger partial charge is 0.304 e. The van der Waals surface area contributed by atoms with Crippen LogP contribution in [-0.2, 0) is 4.79 Å². The molecule has 2 nitrogen and oxygen atoms in total. The first-order chi connectivity index (χ1) is 9.47. The fraction of sp³-hybridized carbons (Fsp3) is 0.133. The second-order valence-electron chi connectivity index (χ2n) is 4.38. The van der Waals surface area contributed by atoms with Crippen molar-refractivity contribution in [1.29, 1.82) is 0 Å². The van der Waals surface area contributed by atoms with Gasteiger partial charge < -0.3 is 5.11 Å². The molecule has 0 aliphatic heterocycles. The van der Waals surface area contributed by atoms with Gasteiger partial charge in [0.25, 0.3) is 0 Å². The van der Waals surface area contributed by atoms with Crippen molar-refractivity contribution in [1.82, 2.24) is 0 Å². The van der Waals surface area contributed by atoms with Crippen LogP contribution in [0.5, 0.6) is 0 Å². The number of aliphatic carboxylic acids is 1. The van der Waals surface area contributed by atoms with Gasteiger partial charge >= 0.3 is 5.97 Å². The van der Waals surface area contributed by atoms with Crippen LogP contribution in [0.4, 0.5) is 4.39 Å². The van der Waals surface area contributed by atoms with Crippen LogP contribution < -0.4 is 0 Å². The first-order valence-corrected chi connectivity index (χ1v) is 6.65. The van der Waals surface area contributed by atoms with E-state index in [0.29, 0.717) is 15.6 Å². The van der Waals surface area contributed by atoms with Crippen LogP contribution >= 0.6 is 23.2 Å². The van der Waals surface area contributed by atoms with Gasteiger partial charge in [0.1, 0.15) is 5.82 Å². The maximum Gasteiger partial charge on any atom is 0.304 e. The Morgan fingerprint density at radius 2 is 1.65 bits per heavy atom. The van der Waals surface area contributed by atoms with Crippen molar-refractivity contribution < 1.29 is 14.3 Å². The third kappa shape index (κ3) is 3.50. The molecule has 1 N–H and O–H groups in total. The second-order valence-corrected chi connectivity index (χ2v) is 5.19. The highest BCUT2D eigenvalue weighted by Gasteiger charge is 2.18. The van der Waals surface area contributed by atoms with Gasteiger partial charge in [-0.05, 0) is 35.4 Å². The minimum Gasteiger partial charge on any atom is -0.481 e. The van der Waals surface area contributed by atoms with Gasteiger partial charge in [-0.3, -0.25) is 4.79 Å². The molecule has 0 aliphatic rings. The maximum atomic E-state index is 13.0. The Morgan fingerprint density at radius 3 is 2.20 bits per heavy atom.